The van der Waals surface area contributed by atoms with Gasteiger partial charge >= 0.3 is 0 Å². The molecule has 4 nitrogen and oxygen atoms in total. The number of fused-ring (bicyclic) bond motifs is 3. The summed E-state index contributed by atoms with van der Waals surface area (Å²) in [5, 5.41) is 4.39. The van der Waals surface area contributed by atoms with E-state index in [-0.39, 0.29) is 11.7 Å². The molecule has 1 amide bonds. The van der Waals surface area contributed by atoms with Crippen LogP contribution in [0.25, 0.3) is 10.9 Å². The van der Waals surface area contributed by atoms with Gasteiger partial charge in [-0.15, -0.1) is 0 Å². The van der Waals surface area contributed by atoms with Crippen molar-refractivity contribution in [3.05, 3.63) is 71.7 Å². The zero-order valence-corrected chi connectivity index (χ0v) is 15.8. The molecule has 1 fully saturated rings. The summed E-state index contributed by atoms with van der Waals surface area (Å²) in [6.45, 7) is 2.48. The van der Waals surface area contributed by atoms with Crippen molar-refractivity contribution >= 4 is 16.8 Å². The van der Waals surface area contributed by atoms with Crippen LogP contribution in [0.1, 0.15) is 36.6 Å². The minimum absolute atomic E-state index is 0.0265. The molecule has 0 spiro atoms. The largest absolute Gasteiger partial charge is 0.352 e. The van der Waals surface area contributed by atoms with Crippen LogP contribution in [-0.4, -0.2) is 28.0 Å². The molecule has 144 valence electrons. The Hall–Kier alpha value is -2.66. The average molecular weight is 377 g/mol. The van der Waals surface area contributed by atoms with Crippen molar-refractivity contribution in [2.45, 2.75) is 44.4 Å². The summed E-state index contributed by atoms with van der Waals surface area (Å²) in [7, 11) is 0. The third-order valence-corrected chi connectivity index (χ3v) is 5.81. The summed E-state index contributed by atoms with van der Waals surface area (Å²) in [5.74, 6) is -0.250. The van der Waals surface area contributed by atoms with Gasteiger partial charge in [-0.25, -0.2) is 4.39 Å². The van der Waals surface area contributed by atoms with E-state index in [9.17, 15) is 9.18 Å². The van der Waals surface area contributed by atoms with Gasteiger partial charge < -0.3 is 9.88 Å². The Kier molecular flexibility index (Phi) is 4.40. The Morgan fingerprint density at radius 1 is 1.07 bits per heavy atom. The maximum absolute atomic E-state index is 13.5. The van der Waals surface area contributed by atoms with Crippen LogP contribution >= 0.6 is 0 Å². The molecule has 2 aliphatic rings. The second-order valence-corrected chi connectivity index (χ2v) is 7.91. The van der Waals surface area contributed by atoms with E-state index >= 15 is 0 Å². The number of carbonyl (C=O) groups is 1. The molecule has 0 saturated heterocycles. The number of hydrogen-bond donors (Lipinski definition) is 1. The fourth-order valence-electron chi connectivity index (χ4n) is 4.28. The molecule has 3 aromatic rings. The van der Waals surface area contributed by atoms with Crippen molar-refractivity contribution in [2.75, 3.05) is 6.54 Å². The lowest BCUT2D eigenvalue weighted by molar-refractivity contribution is -0.127. The van der Waals surface area contributed by atoms with Crippen molar-refractivity contribution in [1.29, 1.82) is 0 Å². The number of rotatable bonds is 4. The number of nitrogens with one attached hydrogen (secondary N) is 1. The molecule has 5 heteroatoms. The molecule has 5 rings (SSSR count). The van der Waals surface area contributed by atoms with Crippen LogP contribution in [-0.2, 0) is 17.9 Å². The lowest BCUT2D eigenvalue weighted by atomic mass is 10.0. The minimum atomic E-state index is -0.397. The first kappa shape index (κ1) is 17.4. The van der Waals surface area contributed by atoms with Gasteiger partial charge in [-0.1, -0.05) is 30.3 Å². The molecule has 2 heterocycles. The van der Waals surface area contributed by atoms with Gasteiger partial charge in [0.05, 0.1) is 0 Å². The Balaban J connectivity index is 1.50. The molecule has 1 aromatic heterocycles. The van der Waals surface area contributed by atoms with Gasteiger partial charge in [-0.2, -0.15) is 0 Å². The van der Waals surface area contributed by atoms with Crippen molar-refractivity contribution in [3.8, 4) is 0 Å². The van der Waals surface area contributed by atoms with Crippen LogP contribution in [0.3, 0.4) is 0 Å². The fourth-order valence-corrected chi connectivity index (χ4v) is 4.28. The van der Waals surface area contributed by atoms with Gasteiger partial charge in [0.15, 0.2) is 0 Å². The van der Waals surface area contributed by atoms with E-state index in [1.807, 2.05) is 0 Å². The second kappa shape index (κ2) is 7.06. The summed E-state index contributed by atoms with van der Waals surface area (Å²) in [6, 6.07) is 16.9. The number of nitrogens with zero attached hydrogens (tertiary/aromatic N) is 2. The lowest BCUT2D eigenvalue weighted by Gasteiger charge is -2.30. The average Bonchev–Trinajstić information content (AvgIpc) is 3.47. The highest BCUT2D eigenvalue weighted by Crippen LogP contribution is 2.30. The van der Waals surface area contributed by atoms with E-state index in [2.05, 4.69) is 45.1 Å². The Morgan fingerprint density at radius 3 is 2.64 bits per heavy atom. The molecule has 1 aliphatic heterocycles. The number of halogens is 1. The van der Waals surface area contributed by atoms with Gasteiger partial charge in [0.25, 0.3) is 0 Å². The Bertz CT molecular complexity index is 1010. The zero-order chi connectivity index (χ0) is 19.1. The highest BCUT2D eigenvalue weighted by atomic mass is 19.1. The number of aromatic nitrogens is 1. The number of amides is 1. The summed E-state index contributed by atoms with van der Waals surface area (Å²) in [6.07, 6.45) is 3.08. The summed E-state index contributed by atoms with van der Waals surface area (Å²) in [4.78, 5) is 15.4. The summed E-state index contributed by atoms with van der Waals surface area (Å²) >= 11 is 0. The van der Waals surface area contributed by atoms with Gasteiger partial charge in [-0.05, 0) is 54.5 Å². The van der Waals surface area contributed by atoms with Crippen LogP contribution in [0.2, 0.25) is 0 Å². The van der Waals surface area contributed by atoms with Crippen LogP contribution in [0.5, 0.6) is 0 Å². The predicted molar refractivity (Wildman–Crippen MR) is 107 cm³/mol. The minimum Gasteiger partial charge on any atom is -0.352 e. The Labute approximate surface area is 163 Å². The maximum Gasteiger partial charge on any atom is 0.242 e. The number of hydrogen-bond acceptors (Lipinski definition) is 2. The topological polar surface area (TPSA) is 37.3 Å². The van der Waals surface area contributed by atoms with Gasteiger partial charge in [0, 0.05) is 36.9 Å². The van der Waals surface area contributed by atoms with Crippen molar-refractivity contribution in [2.24, 2.45) is 0 Å². The number of para-hydroxylation sites is 1. The van der Waals surface area contributed by atoms with Crippen molar-refractivity contribution in [3.63, 3.8) is 0 Å². The highest BCUT2D eigenvalue weighted by molar-refractivity contribution is 5.84. The first-order valence-electron chi connectivity index (χ1n) is 10.1. The molecular formula is C23H24FN3O. The fraction of sp³-hybridized carbons (Fsp3) is 0.348. The molecule has 1 atom stereocenters. The van der Waals surface area contributed by atoms with Crippen LogP contribution < -0.4 is 5.32 Å². The number of aryl methyl sites for hydroxylation is 1. The van der Waals surface area contributed by atoms with E-state index in [0.717, 1.165) is 37.9 Å². The summed E-state index contributed by atoms with van der Waals surface area (Å²) in [5.41, 5.74) is 3.33. The normalized spacial score (nSPS) is 18.5. The first-order chi connectivity index (χ1) is 13.7. The highest BCUT2D eigenvalue weighted by Gasteiger charge is 2.33. The molecule has 1 saturated carbocycles. The van der Waals surface area contributed by atoms with Gasteiger partial charge in [0.1, 0.15) is 11.9 Å². The quantitative estimate of drug-likeness (QED) is 0.746. The molecule has 28 heavy (non-hydrogen) atoms. The monoisotopic (exact) mass is 377 g/mol. The number of carbonyl (C=O) groups excluding carboxylic acids is 1. The van der Waals surface area contributed by atoms with Crippen molar-refractivity contribution in [1.82, 2.24) is 14.8 Å². The van der Waals surface area contributed by atoms with Gasteiger partial charge in [-0.3, -0.25) is 9.69 Å². The molecule has 2 aromatic carbocycles. The van der Waals surface area contributed by atoms with Gasteiger partial charge in [0.2, 0.25) is 5.91 Å². The second-order valence-electron chi connectivity index (χ2n) is 7.91. The molecule has 1 N–H and O–H groups in total. The standard InChI is InChI=1S/C23H24FN3O/c24-18-8-6-16(7-9-18)22(23(28)25-19-10-11-19)26-12-3-13-27-20(15-26)14-17-4-1-2-5-21(17)27/h1-2,4-9,14,19,22H,3,10-13,15H2,(H,25,28). The first-order valence-corrected chi connectivity index (χ1v) is 10.1. The smallest absolute Gasteiger partial charge is 0.242 e. The summed E-state index contributed by atoms with van der Waals surface area (Å²) < 4.78 is 15.8. The third-order valence-electron chi connectivity index (χ3n) is 5.81. The SMILES string of the molecule is O=C(NC1CC1)C(c1ccc(F)cc1)N1CCCn2c(cc3ccccc32)C1. The maximum atomic E-state index is 13.5. The molecule has 1 unspecified atom stereocenters. The van der Waals surface area contributed by atoms with E-state index in [4.69, 9.17) is 0 Å². The Morgan fingerprint density at radius 2 is 1.86 bits per heavy atom. The molecular weight excluding hydrogens is 353 g/mol. The lowest BCUT2D eigenvalue weighted by Crippen LogP contribution is -2.41. The molecule has 0 bridgehead atoms. The van der Waals surface area contributed by atoms with E-state index in [1.54, 1.807) is 12.1 Å². The van der Waals surface area contributed by atoms with Crippen LogP contribution in [0, 0.1) is 5.82 Å². The van der Waals surface area contributed by atoms with Crippen molar-refractivity contribution < 1.29 is 9.18 Å². The molecule has 0 radical (unpaired) electrons. The van der Waals surface area contributed by atoms with E-state index in [1.165, 1.54) is 28.7 Å². The number of benzene rings is 2. The zero-order valence-electron chi connectivity index (χ0n) is 15.8. The predicted octanol–water partition coefficient (Wildman–Crippen LogP) is 4.01. The molecule has 1 aliphatic carbocycles. The third kappa shape index (κ3) is 3.31. The van der Waals surface area contributed by atoms with E-state index < -0.39 is 6.04 Å². The van der Waals surface area contributed by atoms with Crippen LogP contribution in [0.15, 0.2) is 54.6 Å². The van der Waals surface area contributed by atoms with E-state index in [0.29, 0.717) is 12.6 Å². The van der Waals surface area contributed by atoms with Crippen LogP contribution in [0.4, 0.5) is 4.39 Å².